The molecule has 0 amide bonds. The van der Waals surface area contributed by atoms with Crippen molar-refractivity contribution in [2.45, 2.75) is 30.8 Å². The summed E-state index contributed by atoms with van der Waals surface area (Å²) in [7, 11) is 0. The number of pyridine rings is 2. The van der Waals surface area contributed by atoms with Gasteiger partial charge in [-0.3, -0.25) is 4.98 Å². The van der Waals surface area contributed by atoms with E-state index in [9.17, 15) is 27.2 Å². The molecule has 38 heavy (non-hydrogen) atoms. The van der Waals surface area contributed by atoms with Crippen molar-refractivity contribution < 1.29 is 36.2 Å². The first-order valence-electron chi connectivity index (χ1n) is 11.3. The first kappa shape index (κ1) is 27.2. The Hall–Kier alpha value is -3.86. The van der Waals surface area contributed by atoms with Crippen molar-refractivity contribution in [2.75, 3.05) is 0 Å². The zero-order chi connectivity index (χ0) is 27.2. The lowest BCUT2D eigenvalue weighted by Gasteiger charge is -2.21. The highest BCUT2D eigenvalue weighted by Crippen LogP contribution is 2.37. The predicted octanol–water partition coefficient (Wildman–Crippen LogP) is 6.45. The zero-order valence-corrected chi connectivity index (χ0v) is 20.5. The maximum absolute atomic E-state index is 13.3. The molecule has 2 heterocycles. The van der Waals surface area contributed by atoms with Gasteiger partial charge in [0.05, 0.1) is 10.9 Å². The van der Waals surface area contributed by atoms with E-state index in [1.165, 1.54) is 36.7 Å². The van der Waals surface area contributed by atoms with E-state index in [4.69, 9.17) is 0 Å². The maximum Gasteiger partial charge on any atom is 0.387 e. The average Bonchev–Trinajstić information content (AvgIpc) is 2.89. The average molecular weight is 549 g/mol. The highest BCUT2D eigenvalue weighted by molar-refractivity contribution is 7.80. The highest BCUT2D eigenvalue weighted by Gasteiger charge is 2.22. The number of thiol groups is 1. The third-order valence-corrected chi connectivity index (χ3v) is 6.35. The summed E-state index contributed by atoms with van der Waals surface area (Å²) >= 11 is 4.59. The summed E-state index contributed by atoms with van der Waals surface area (Å²) in [6.45, 7) is -6.49. The monoisotopic (exact) mass is 548 g/mol. The smallest absolute Gasteiger partial charge is 0.387 e. The van der Waals surface area contributed by atoms with Crippen LogP contribution >= 0.6 is 12.6 Å². The van der Waals surface area contributed by atoms with E-state index >= 15 is 0 Å². The molecule has 2 aromatic carbocycles. The third-order valence-electron chi connectivity index (χ3n) is 5.79. The second-order valence-corrected chi connectivity index (χ2v) is 8.77. The Kier molecular flexibility index (Phi) is 8.67. The molecule has 2 aromatic heterocycles. The lowest BCUT2D eigenvalue weighted by Crippen LogP contribution is -2.24. The molecule has 0 spiro atoms. The van der Waals surface area contributed by atoms with Crippen molar-refractivity contribution >= 4 is 12.6 Å². The molecular weight excluding hydrogens is 527 g/mol. The highest BCUT2D eigenvalue weighted by atomic mass is 32.1. The molecule has 0 bridgehead atoms. The Morgan fingerprint density at radius 2 is 1.39 bits per heavy atom. The molecule has 0 fully saturated rings. The fourth-order valence-electron chi connectivity index (χ4n) is 3.97. The lowest BCUT2D eigenvalue weighted by atomic mass is 9.86. The van der Waals surface area contributed by atoms with Crippen molar-refractivity contribution in [1.29, 1.82) is 0 Å². The second kappa shape index (κ2) is 12.1. The molecular formula is C27H21F5N2O3S. The Balaban J connectivity index is 1.70. The second-order valence-electron chi connectivity index (χ2n) is 8.26. The number of hydrogen-bond acceptors (Lipinski definition) is 5. The molecule has 0 saturated heterocycles. The van der Waals surface area contributed by atoms with Crippen molar-refractivity contribution in [2.24, 2.45) is 0 Å². The predicted molar refractivity (Wildman–Crippen MR) is 132 cm³/mol. The molecule has 11 heteroatoms. The summed E-state index contributed by atoms with van der Waals surface area (Å²) in [5.41, 5.74) is 3.24. The Morgan fingerprint density at radius 1 is 0.789 bits per heavy atom. The standard InChI is InChI=1S/C27H21F5N2O3S/c28-20-5-1-17(2-6-20)25(38)22-7-3-19(15-33-22)21(13-16-9-11-34(35)12-10-16)18-4-8-23(36-26(29)30)24(14-18)37-27(31)32/h1-12,14-15,21,25-27,38H,13H2. The van der Waals surface area contributed by atoms with Gasteiger partial charge in [0, 0.05) is 24.2 Å². The number of benzene rings is 2. The van der Waals surface area contributed by atoms with E-state index in [1.807, 2.05) is 0 Å². The van der Waals surface area contributed by atoms with Gasteiger partial charge in [-0.1, -0.05) is 24.3 Å². The molecule has 198 valence electrons. The number of rotatable bonds is 10. The van der Waals surface area contributed by atoms with Crippen LogP contribution in [0.3, 0.4) is 0 Å². The molecule has 4 rings (SSSR count). The van der Waals surface area contributed by atoms with E-state index in [1.54, 1.807) is 42.6 Å². The number of nitrogens with zero attached hydrogens (tertiary/aromatic N) is 2. The number of ether oxygens (including phenoxy) is 2. The Bertz CT molecular complexity index is 1340. The van der Waals surface area contributed by atoms with Gasteiger partial charge in [0.2, 0.25) is 0 Å². The number of aromatic nitrogens is 2. The third kappa shape index (κ3) is 6.91. The quantitative estimate of drug-likeness (QED) is 0.107. The fourth-order valence-corrected chi connectivity index (χ4v) is 4.29. The van der Waals surface area contributed by atoms with Gasteiger partial charge in [-0.05, 0) is 59.0 Å². The topological polar surface area (TPSA) is 58.3 Å². The first-order valence-corrected chi connectivity index (χ1v) is 11.8. The van der Waals surface area contributed by atoms with E-state index < -0.39 is 35.9 Å². The molecule has 0 aliphatic rings. The van der Waals surface area contributed by atoms with Crippen LogP contribution < -0.4 is 14.2 Å². The van der Waals surface area contributed by atoms with Crippen LogP contribution in [0.5, 0.6) is 11.5 Å². The van der Waals surface area contributed by atoms with Crippen LogP contribution in [0, 0.1) is 11.0 Å². The molecule has 5 nitrogen and oxygen atoms in total. The summed E-state index contributed by atoms with van der Waals surface area (Å²) < 4.78 is 74.4. The van der Waals surface area contributed by atoms with E-state index in [0.717, 1.165) is 17.2 Å². The molecule has 0 aliphatic carbocycles. The van der Waals surface area contributed by atoms with Crippen LogP contribution in [0.25, 0.3) is 0 Å². The number of halogens is 5. The summed E-state index contributed by atoms with van der Waals surface area (Å²) in [6, 6.07) is 16.5. The van der Waals surface area contributed by atoms with E-state index in [-0.39, 0.29) is 5.82 Å². The van der Waals surface area contributed by atoms with Gasteiger partial charge in [-0.15, -0.1) is 0 Å². The van der Waals surface area contributed by atoms with Gasteiger partial charge < -0.3 is 14.7 Å². The van der Waals surface area contributed by atoms with Crippen molar-refractivity contribution in [3.63, 3.8) is 0 Å². The van der Waals surface area contributed by atoms with Crippen LogP contribution in [0.2, 0.25) is 0 Å². The van der Waals surface area contributed by atoms with Crippen molar-refractivity contribution in [3.05, 3.63) is 124 Å². The van der Waals surface area contributed by atoms with Crippen molar-refractivity contribution in [3.8, 4) is 11.5 Å². The van der Waals surface area contributed by atoms with Crippen LogP contribution in [-0.4, -0.2) is 18.2 Å². The molecule has 2 unspecified atom stereocenters. The first-order chi connectivity index (χ1) is 18.2. The van der Waals surface area contributed by atoms with Gasteiger partial charge in [0.25, 0.3) is 0 Å². The zero-order valence-electron chi connectivity index (χ0n) is 19.6. The molecule has 4 aromatic rings. The number of hydrogen-bond donors (Lipinski definition) is 1. The van der Waals surface area contributed by atoms with Gasteiger partial charge in [0.15, 0.2) is 23.9 Å². The summed E-state index contributed by atoms with van der Waals surface area (Å²) in [5, 5.41) is 11.0. The molecule has 0 N–H and O–H groups in total. The summed E-state index contributed by atoms with van der Waals surface area (Å²) in [6.07, 6.45) is 4.58. The summed E-state index contributed by atoms with van der Waals surface area (Å²) in [4.78, 5) is 4.51. The van der Waals surface area contributed by atoms with Gasteiger partial charge >= 0.3 is 13.2 Å². The largest absolute Gasteiger partial charge is 0.619 e. The van der Waals surface area contributed by atoms with Crippen molar-refractivity contribution in [1.82, 2.24) is 4.98 Å². The van der Waals surface area contributed by atoms with Gasteiger partial charge in [-0.2, -0.15) is 34.9 Å². The normalized spacial score (nSPS) is 12.9. The number of alkyl halides is 4. The minimum absolute atomic E-state index is 0.327. The van der Waals surface area contributed by atoms with Gasteiger partial charge in [0.1, 0.15) is 5.82 Å². The minimum Gasteiger partial charge on any atom is -0.619 e. The van der Waals surface area contributed by atoms with Crippen LogP contribution in [0.15, 0.2) is 85.3 Å². The van der Waals surface area contributed by atoms with Crippen LogP contribution in [-0.2, 0) is 6.42 Å². The van der Waals surface area contributed by atoms with Crippen LogP contribution in [0.1, 0.15) is 39.1 Å². The molecule has 0 radical (unpaired) electrons. The minimum atomic E-state index is -3.26. The van der Waals surface area contributed by atoms with E-state index in [2.05, 4.69) is 27.1 Å². The molecule has 2 atom stereocenters. The van der Waals surface area contributed by atoms with Gasteiger partial charge in [-0.25, -0.2) is 4.39 Å². The molecule has 0 saturated carbocycles. The van der Waals surface area contributed by atoms with E-state index in [0.29, 0.717) is 28.0 Å². The van der Waals surface area contributed by atoms with Crippen LogP contribution in [0.4, 0.5) is 22.0 Å². The maximum atomic E-state index is 13.3. The SMILES string of the molecule is [O-][n+]1ccc(CC(c2ccc(C(S)c3ccc(F)cc3)nc2)c2ccc(OC(F)F)c(OC(F)F)c2)cc1. The fraction of sp³-hybridized carbons (Fsp3) is 0.185. The lowest BCUT2D eigenvalue weighted by molar-refractivity contribution is -0.605. The molecule has 0 aliphatic heterocycles. The summed E-state index contributed by atoms with van der Waals surface area (Å²) in [5.74, 6) is -1.92. The Morgan fingerprint density at radius 3 is 2.00 bits per heavy atom. The Labute approximate surface area is 220 Å².